The third-order valence-corrected chi connectivity index (χ3v) is 10.6. The van der Waals surface area contributed by atoms with Gasteiger partial charge in [-0.15, -0.1) is 0 Å². The van der Waals surface area contributed by atoms with Crippen LogP contribution < -0.4 is 19.9 Å². The molecule has 0 spiro atoms. The Morgan fingerprint density at radius 1 is 0.837 bits per heavy atom. The van der Waals surface area contributed by atoms with Crippen molar-refractivity contribution in [3.05, 3.63) is 114 Å². The maximum Gasteiger partial charge on any atom is 0.262 e. The smallest absolute Gasteiger partial charge is 0.262 e. The summed E-state index contributed by atoms with van der Waals surface area (Å²) in [5.74, 6) is 1.99. The van der Waals surface area contributed by atoms with Crippen LogP contribution in [0.5, 0.6) is 17.4 Å². The summed E-state index contributed by atoms with van der Waals surface area (Å²) in [6, 6.07) is 24.6. The SMILES string of the molecule is COc1ccc(CN(Cc2ccc(OC)cc2)S(=O)(=O)c2ccn(CCCCCOc3cc(-c4ccc5c(c4N)CCC5)ccn3)n2)cc1. The fourth-order valence-corrected chi connectivity index (χ4v) is 7.51. The molecule has 0 aliphatic heterocycles. The van der Waals surface area contributed by atoms with Crippen molar-refractivity contribution in [1.82, 2.24) is 19.1 Å². The number of anilines is 1. The number of aromatic nitrogens is 3. The van der Waals surface area contributed by atoms with Crippen LogP contribution in [0.1, 0.15) is 47.9 Å². The molecule has 5 aromatic rings. The average Bonchev–Trinajstić information content (AvgIpc) is 3.82. The third-order valence-electron chi connectivity index (χ3n) is 8.91. The van der Waals surface area contributed by atoms with Gasteiger partial charge < -0.3 is 19.9 Å². The first kappa shape index (κ1) is 34.0. The molecule has 256 valence electrons. The zero-order valence-corrected chi connectivity index (χ0v) is 28.9. The number of sulfonamides is 1. The molecule has 49 heavy (non-hydrogen) atoms. The van der Waals surface area contributed by atoms with Gasteiger partial charge in [-0.25, -0.2) is 13.4 Å². The largest absolute Gasteiger partial charge is 0.497 e. The first-order chi connectivity index (χ1) is 23.8. The van der Waals surface area contributed by atoms with Crippen molar-refractivity contribution in [2.75, 3.05) is 26.6 Å². The van der Waals surface area contributed by atoms with Crippen molar-refractivity contribution in [3.63, 3.8) is 0 Å². The van der Waals surface area contributed by atoms with E-state index in [-0.39, 0.29) is 18.1 Å². The number of benzene rings is 3. The molecule has 10 nitrogen and oxygen atoms in total. The van der Waals surface area contributed by atoms with Gasteiger partial charge in [-0.1, -0.05) is 36.4 Å². The molecule has 2 aromatic heterocycles. The fourth-order valence-electron chi connectivity index (χ4n) is 6.16. The van der Waals surface area contributed by atoms with Gasteiger partial charge in [0.25, 0.3) is 10.0 Å². The highest BCUT2D eigenvalue weighted by molar-refractivity contribution is 7.89. The summed E-state index contributed by atoms with van der Waals surface area (Å²) < 4.78 is 47.5. The van der Waals surface area contributed by atoms with E-state index in [0.717, 1.165) is 66.5 Å². The lowest BCUT2D eigenvalue weighted by atomic mass is 9.98. The molecule has 6 rings (SSSR count). The minimum atomic E-state index is -3.90. The van der Waals surface area contributed by atoms with Gasteiger partial charge in [-0.2, -0.15) is 9.40 Å². The zero-order chi connectivity index (χ0) is 34.2. The van der Waals surface area contributed by atoms with Gasteiger partial charge in [0.2, 0.25) is 5.88 Å². The van der Waals surface area contributed by atoms with Crippen LogP contribution in [-0.2, 0) is 42.5 Å². The minimum absolute atomic E-state index is 0.0211. The van der Waals surface area contributed by atoms with E-state index in [1.54, 1.807) is 37.4 Å². The summed E-state index contributed by atoms with van der Waals surface area (Å²) in [6.07, 6.45) is 9.32. The Morgan fingerprint density at radius 3 is 2.20 bits per heavy atom. The molecule has 0 atom stereocenters. The molecule has 0 unspecified atom stereocenters. The predicted octanol–water partition coefficient (Wildman–Crippen LogP) is 6.67. The monoisotopic (exact) mass is 681 g/mol. The Labute approximate surface area is 288 Å². The van der Waals surface area contributed by atoms with Gasteiger partial charge in [0.15, 0.2) is 5.03 Å². The summed E-state index contributed by atoms with van der Waals surface area (Å²) in [4.78, 5) is 4.39. The van der Waals surface area contributed by atoms with Crippen molar-refractivity contribution in [1.29, 1.82) is 0 Å². The average molecular weight is 682 g/mol. The van der Waals surface area contributed by atoms with Crippen LogP contribution in [0.4, 0.5) is 5.69 Å². The van der Waals surface area contributed by atoms with Gasteiger partial charge in [-0.05, 0) is 103 Å². The lowest BCUT2D eigenvalue weighted by molar-refractivity contribution is 0.292. The number of nitrogens with zero attached hydrogens (tertiary/aromatic N) is 4. The Kier molecular flexibility index (Phi) is 10.8. The second-order valence-electron chi connectivity index (χ2n) is 12.2. The maximum atomic E-state index is 13.9. The molecule has 0 fully saturated rings. The summed E-state index contributed by atoms with van der Waals surface area (Å²) in [6.45, 7) is 1.49. The summed E-state index contributed by atoms with van der Waals surface area (Å²) >= 11 is 0. The maximum absolute atomic E-state index is 13.9. The second-order valence-corrected chi connectivity index (χ2v) is 14.1. The first-order valence-corrected chi connectivity index (χ1v) is 18.1. The second kappa shape index (κ2) is 15.6. The minimum Gasteiger partial charge on any atom is -0.497 e. The van der Waals surface area contributed by atoms with Crippen LogP contribution in [0.3, 0.4) is 0 Å². The molecule has 2 heterocycles. The normalized spacial score (nSPS) is 12.6. The van der Waals surface area contributed by atoms with Crippen LogP contribution in [-0.4, -0.2) is 48.3 Å². The lowest BCUT2D eigenvalue weighted by Gasteiger charge is -2.21. The lowest BCUT2D eigenvalue weighted by Crippen LogP contribution is -2.30. The van der Waals surface area contributed by atoms with E-state index in [0.29, 0.717) is 30.5 Å². The molecule has 3 aromatic carbocycles. The number of pyridine rings is 1. The number of rotatable bonds is 16. The van der Waals surface area contributed by atoms with E-state index < -0.39 is 10.0 Å². The molecule has 0 saturated carbocycles. The number of fused-ring (bicyclic) bond motifs is 1. The molecular weight excluding hydrogens is 639 g/mol. The number of hydrogen-bond donors (Lipinski definition) is 1. The van der Waals surface area contributed by atoms with Crippen LogP contribution in [0.25, 0.3) is 11.1 Å². The number of ether oxygens (including phenoxy) is 3. The molecule has 11 heteroatoms. The highest BCUT2D eigenvalue weighted by atomic mass is 32.2. The molecule has 0 bridgehead atoms. The zero-order valence-electron chi connectivity index (χ0n) is 28.0. The molecule has 2 N–H and O–H groups in total. The van der Waals surface area contributed by atoms with Gasteiger partial charge in [-0.3, -0.25) is 4.68 Å². The standard InChI is InChI=1S/C38H43N5O5S/c1-46-32-14-9-28(10-15-32)26-43(27-29-11-16-33(47-2)17-12-29)49(44,45)37-20-23-42(41-37)22-4-3-5-24-48-36-25-31(19-21-40-36)35-18-13-30-7-6-8-34(30)38(35)39/h9-21,23,25H,3-8,22,24,26-27,39H2,1-2H3. The van der Waals surface area contributed by atoms with Gasteiger partial charge >= 0.3 is 0 Å². The van der Waals surface area contributed by atoms with Crippen molar-refractivity contribution in [2.24, 2.45) is 0 Å². The van der Waals surface area contributed by atoms with E-state index in [1.807, 2.05) is 60.7 Å². The highest BCUT2D eigenvalue weighted by Gasteiger charge is 2.28. The molecule has 1 aliphatic rings. The number of methoxy groups -OCH3 is 2. The van der Waals surface area contributed by atoms with Crippen molar-refractivity contribution in [2.45, 2.75) is 63.2 Å². The molecule has 1 aliphatic carbocycles. The third kappa shape index (κ3) is 8.23. The number of aryl methyl sites for hydroxylation is 2. The Hall–Kier alpha value is -4.87. The van der Waals surface area contributed by atoms with Crippen molar-refractivity contribution >= 4 is 15.7 Å². The van der Waals surface area contributed by atoms with Crippen LogP contribution >= 0.6 is 0 Å². The van der Waals surface area contributed by atoms with Crippen molar-refractivity contribution < 1.29 is 22.6 Å². The van der Waals surface area contributed by atoms with Crippen LogP contribution in [0.15, 0.2) is 96.3 Å². The van der Waals surface area contributed by atoms with Crippen LogP contribution in [0, 0.1) is 0 Å². The first-order valence-electron chi connectivity index (χ1n) is 16.6. The van der Waals surface area contributed by atoms with Crippen LogP contribution in [0.2, 0.25) is 0 Å². The molecular formula is C38H43N5O5S. The Balaban J connectivity index is 1.03. The van der Waals surface area contributed by atoms with Gasteiger partial charge in [0.1, 0.15) is 11.5 Å². The number of nitrogen functional groups attached to an aromatic ring is 1. The summed E-state index contributed by atoms with van der Waals surface area (Å²) in [5.41, 5.74) is 13.7. The van der Waals surface area contributed by atoms with Crippen molar-refractivity contribution in [3.8, 4) is 28.5 Å². The number of nitrogens with two attached hydrogens (primary N) is 1. The molecule has 0 amide bonds. The quantitative estimate of drug-likeness (QED) is 0.0905. The number of unbranched alkanes of at least 4 members (excludes halogenated alkanes) is 2. The van der Waals surface area contributed by atoms with Gasteiger partial charge in [0, 0.05) is 49.3 Å². The van der Waals surface area contributed by atoms with E-state index in [2.05, 4.69) is 22.2 Å². The highest BCUT2D eigenvalue weighted by Crippen LogP contribution is 2.36. The number of hydrogen-bond acceptors (Lipinski definition) is 8. The summed E-state index contributed by atoms with van der Waals surface area (Å²) in [7, 11) is -0.701. The Morgan fingerprint density at radius 2 is 1.53 bits per heavy atom. The van der Waals surface area contributed by atoms with E-state index in [4.69, 9.17) is 19.9 Å². The Bertz CT molecular complexity index is 1910. The van der Waals surface area contributed by atoms with E-state index >= 15 is 0 Å². The predicted molar refractivity (Wildman–Crippen MR) is 190 cm³/mol. The fraction of sp³-hybridized carbons (Fsp3) is 0.316. The van der Waals surface area contributed by atoms with E-state index in [9.17, 15) is 8.42 Å². The topological polar surface area (TPSA) is 122 Å². The molecule has 0 radical (unpaired) electrons. The molecule has 0 saturated heterocycles. The van der Waals surface area contributed by atoms with E-state index in [1.165, 1.54) is 15.4 Å². The van der Waals surface area contributed by atoms with Gasteiger partial charge in [0.05, 0.1) is 20.8 Å². The summed E-state index contributed by atoms with van der Waals surface area (Å²) in [5, 5.41) is 4.49.